The van der Waals surface area contributed by atoms with E-state index in [4.69, 9.17) is 5.73 Å². The number of aromatic nitrogens is 3. The first-order valence-corrected chi connectivity index (χ1v) is 4.58. The Hall–Kier alpha value is -1.58. The first-order valence-electron chi connectivity index (χ1n) is 4.58. The lowest BCUT2D eigenvalue weighted by Gasteiger charge is -2.21. The molecule has 0 aliphatic carbocycles. The molecule has 0 fully saturated rings. The van der Waals surface area contributed by atoms with Crippen LogP contribution in [0.15, 0.2) is 18.6 Å². The van der Waals surface area contributed by atoms with Crippen molar-refractivity contribution in [2.75, 3.05) is 5.73 Å². The molecule has 2 aromatic heterocycles. The summed E-state index contributed by atoms with van der Waals surface area (Å²) >= 11 is 0. The normalized spacial score (nSPS) is 12.2. The van der Waals surface area contributed by atoms with Gasteiger partial charge in [0.2, 0.25) is 0 Å². The molecule has 0 saturated carbocycles. The highest BCUT2D eigenvalue weighted by Gasteiger charge is 2.16. The highest BCUT2D eigenvalue weighted by atomic mass is 15.1. The van der Waals surface area contributed by atoms with Gasteiger partial charge in [-0.2, -0.15) is 0 Å². The zero-order chi connectivity index (χ0) is 10.3. The molecule has 2 rings (SSSR count). The number of nitrogens with zero attached hydrogens (tertiary/aromatic N) is 3. The van der Waals surface area contributed by atoms with Crippen molar-refractivity contribution in [1.29, 1.82) is 0 Å². The van der Waals surface area contributed by atoms with Gasteiger partial charge >= 0.3 is 0 Å². The molecular formula is C10H14N4. The predicted octanol–water partition coefficient (Wildman–Crippen LogP) is 1.77. The van der Waals surface area contributed by atoms with Crippen LogP contribution in [-0.2, 0) is 5.54 Å². The molecule has 4 heteroatoms. The largest absolute Gasteiger partial charge is 0.382 e. The fourth-order valence-corrected chi connectivity index (χ4v) is 1.50. The minimum absolute atomic E-state index is 0.0164. The molecule has 0 bridgehead atoms. The van der Waals surface area contributed by atoms with Gasteiger partial charge in [-0.1, -0.05) is 0 Å². The average Bonchev–Trinajstić information content (AvgIpc) is 2.47. The van der Waals surface area contributed by atoms with E-state index in [-0.39, 0.29) is 5.54 Å². The van der Waals surface area contributed by atoms with Crippen molar-refractivity contribution in [2.24, 2.45) is 0 Å². The van der Waals surface area contributed by atoms with Crippen LogP contribution < -0.4 is 5.73 Å². The zero-order valence-corrected chi connectivity index (χ0v) is 8.65. The number of nitrogens with two attached hydrogens (primary N) is 1. The molecule has 2 N–H and O–H groups in total. The molecule has 14 heavy (non-hydrogen) atoms. The van der Waals surface area contributed by atoms with E-state index in [1.165, 1.54) is 0 Å². The van der Waals surface area contributed by atoms with E-state index >= 15 is 0 Å². The first-order chi connectivity index (χ1) is 6.50. The molecule has 0 saturated heterocycles. The fraction of sp³-hybridized carbons (Fsp3) is 0.400. The molecule has 0 atom stereocenters. The fourth-order valence-electron chi connectivity index (χ4n) is 1.50. The first kappa shape index (κ1) is 8.99. The summed E-state index contributed by atoms with van der Waals surface area (Å²) < 4.78 is 2.10. The van der Waals surface area contributed by atoms with Crippen LogP contribution in [0.1, 0.15) is 20.8 Å². The number of hydrogen-bond acceptors (Lipinski definition) is 3. The summed E-state index contributed by atoms with van der Waals surface area (Å²) in [4.78, 5) is 8.26. The number of fused-ring (bicyclic) bond motifs is 1. The van der Waals surface area contributed by atoms with E-state index in [9.17, 15) is 0 Å². The lowest BCUT2D eigenvalue weighted by Crippen LogP contribution is -2.20. The van der Waals surface area contributed by atoms with Gasteiger partial charge in [-0.3, -0.25) is 0 Å². The average molecular weight is 190 g/mol. The number of hydrogen-bond donors (Lipinski definition) is 1. The van der Waals surface area contributed by atoms with E-state index in [0.29, 0.717) is 5.82 Å². The third-order valence-electron chi connectivity index (χ3n) is 2.22. The van der Waals surface area contributed by atoms with Crippen molar-refractivity contribution in [2.45, 2.75) is 26.3 Å². The summed E-state index contributed by atoms with van der Waals surface area (Å²) in [7, 11) is 0. The molecule has 0 aromatic carbocycles. The summed E-state index contributed by atoms with van der Waals surface area (Å²) in [6.07, 6.45) is 3.52. The Kier molecular flexibility index (Phi) is 1.74. The minimum Gasteiger partial charge on any atom is -0.382 e. The second-order valence-electron chi connectivity index (χ2n) is 4.35. The van der Waals surface area contributed by atoms with Crippen molar-refractivity contribution in [3.05, 3.63) is 18.6 Å². The maximum absolute atomic E-state index is 5.73. The third kappa shape index (κ3) is 1.23. The maximum atomic E-state index is 5.73. The Balaban J connectivity index is 2.76. The molecule has 2 heterocycles. The molecule has 0 aliphatic heterocycles. The second kappa shape index (κ2) is 2.70. The van der Waals surface area contributed by atoms with E-state index < -0.39 is 0 Å². The Bertz CT molecular complexity index is 464. The van der Waals surface area contributed by atoms with E-state index in [1.807, 2.05) is 12.4 Å². The van der Waals surface area contributed by atoms with Crippen LogP contribution in [0.5, 0.6) is 0 Å². The van der Waals surface area contributed by atoms with E-state index in [2.05, 4.69) is 35.3 Å². The number of rotatable bonds is 0. The van der Waals surface area contributed by atoms with Crippen LogP contribution in [0, 0.1) is 0 Å². The quantitative estimate of drug-likeness (QED) is 0.688. The smallest absolute Gasteiger partial charge is 0.151 e. The Labute approximate surface area is 82.8 Å². The maximum Gasteiger partial charge on any atom is 0.151 e. The molecule has 0 aliphatic rings. The number of nitrogen functional groups attached to an aromatic ring is 1. The standard InChI is InChI=1S/C10H14N4/c1-10(2,3)14-6-13-8-7(14)4-5-12-9(8)11/h4-6H,1-3H3,(H2,11,12). The van der Waals surface area contributed by atoms with Crippen molar-refractivity contribution in [1.82, 2.24) is 14.5 Å². The summed E-state index contributed by atoms with van der Waals surface area (Å²) in [5.41, 5.74) is 7.55. The number of pyridine rings is 1. The lowest BCUT2D eigenvalue weighted by molar-refractivity contribution is 0.408. The van der Waals surface area contributed by atoms with Crippen LogP contribution in [0.3, 0.4) is 0 Å². The van der Waals surface area contributed by atoms with Crippen LogP contribution in [-0.4, -0.2) is 14.5 Å². The highest BCUT2D eigenvalue weighted by Crippen LogP contribution is 2.23. The predicted molar refractivity (Wildman–Crippen MR) is 56.9 cm³/mol. The monoisotopic (exact) mass is 190 g/mol. The van der Waals surface area contributed by atoms with Gasteiger partial charge in [0.1, 0.15) is 5.52 Å². The minimum atomic E-state index is 0.0164. The third-order valence-corrected chi connectivity index (χ3v) is 2.22. The van der Waals surface area contributed by atoms with Crippen molar-refractivity contribution >= 4 is 16.9 Å². The van der Waals surface area contributed by atoms with Crippen LogP contribution in [0.2, 0.25) is 0 Å². The number of imidazole rings is 1. The summed E-state index contributed by atoms with van der Waals surface area (Å²) in [5, 5.41) is 0. The Morgan fingerprint density at radius 1 is 1.29 bits per heavy atom. The lowest BCUT2D eigenvalue weighted by atomic mass is 10.1. The summed E-state index contributed by atoms with van der Waals surface area (Å²) in [5.74, 6) is 0.491. The summed E-state index contributed by atoms with van der Waals surface area (Å²) in [6, 6.07) is 1.93. The van der Waals surface area contributed by atoms with Gasteiger partial charge in [-0.25, -0.2) is 9.97 Å². The van der Waals surface area contributed by atoms with Gasteiger partial charge in [0.15, 0.2) is 5.82 Å². The molecule has 0 amide bonds. The van der Waals surface area contributed by atoms with Gasteiger partial charge in [-0.15, -0.1) is 0 Å². The molecule has 0 spiro atoms. The van der Waals surface area contributed by atoms with Crippen molar-refractivity contribution in [3.8, 4) is 0 Å². The second-order valence-corrected chi connectivity index (χ2v) is 4.35. The number of anilines is 1. The van der Waals surface area contributed by atoms with Gasteiger partial charge in [0.25, 0.3) is 0 Å². The van der Waals surface area contributed by atoms with Crippen LogP contribution in [0.4, 0.5) is 5.82 Å². The van der Waals surface area contributed by atoms with Gasteiger partial charge in [0.05, 0.1) is 11.8 Å². The zero-order valence-electron chi connectivity index (χ0n) is 8.65. The van der Waals surface area contributed by atoms with Gasteiger partial charge in [0, 0.05) is 11.7 Å². The van der Waals surface area contributed by atoms with E-state index in [1.54, 1.807) is 6.20 Å². The molecule has 0 radical (unpaired) electrons. The Morgan fingerprint density at radius 2 is 2.00 bits per heavy atom. The van der Waals surface area contributed by atoms with E-state index in [0.717, 1.165) is 11.0 Å². The van der Waals surface area contributed by atoms with Crippen molar-refractivity contribution < 1.29 is 0 Å². The molecular weight excluding hydrogens is 176 g/mol. The topological polar surface area (TPSA) is 56.7 Å². The molecule has 0 unspecified atom stereocenters. The van der Waals surface area contributed by atoms with Crippen LogP contribution >= 0.6 is 0 Å². The molecule has 74 valence electrons. The summed E-state index contributed by atoms with van der Waals surface area (Å²) in [6.45, 7) is 6.39. The van der Waals surface area contributed by atoms with Crippen LogP contribution in [0.25, 0.3) is 11.0 Å². The van der Waals surface area contributed by atoms with Gasteiger partial charge < -0.3 is 10.3 Å². The van der Waals surface area contributed by atoms with Crippen molar-refractivity contribution in [3.63, 3.8) is 0 Å². The SMILES string of the molecule is CC(C)(C)n1cnc2c(N)nccc21. The van der Waals surface area contributed by atoms with Gasteiger partial charge in [-0.05, 0) is 26.8 Å². The molecule has 2 aromatic rings. The Morgan fingerprint density at radius 3 is 2.64 bits per heavy atom. The highest BCUT2D eigenvalue weighted by molar-refractivity contribution is 5.84. The molecule has 4 nitrogen and oxygen atoms in total.